The molecule has 2 heteroatoms. The van der Waals surface area contributed by atoms with Crippen LogP contribution in [0.25, 0.3) is 0 Å². The Balaban J connectivity index is 4.52. The van der Waals surface area contributed by atoms with Crippen molar-refractivity contribution in [3.8, 4) is 0 Å². The van der Waals surface area contributed by atoms with Gasteiger partial charge in [-0.15, -0.1) is 6.58 Å². The highest BCUT2D eigenvalue weighted by Gasteiger charge is 2.32. The lowest BCUT2D eigenvalue weighted by Gasteiger charge is -2.38. The van der Waals surface area contributed by atoms with E-state index >= 15 is 0 Å². The van der Waals surface area contributed by atoms with Gasteiger partial charge < -0.3 is 4.43 Å². The molecule has 0 aliphatic rings. The van der Waals surface area contributed by atoms with Crippen molar-refractivity contribution in [2.45, 2.75) is 58.5 Å². The van der Waals surface area contributed by atoms with E-state index < -0.39 is 0 Å². The van der Waals surface area contributed by atoms with Crippen LogP contribution in [-0.2, 0) is 4.43 Å². The first kappa shape index (κ1) is 13.9. The van der Waals surface area contributed by atoms with Crippen molar-refractivity contribution in [2.75, 3.05) is 0 Å². The molecule has 0 N–H and O–H groups in total. The first-order valence-electron chi connectivity index (χ1n) is 5.82. The molecule has 0 bridgehead atoms. The van der Waals surface area contributed by atoms with Crippen LogP contribution in [0, 0.1) is 5.92 Å². The number of hydrogen-bond acceptors (Lipinski definition) is 1. The van der Waals surface area contributed by atoms with Crippen molar-refractivity contribution >= 4 is 10.5 Å². The Bertz CT molecular complexity index is 158. The summed E-state index contributed by atoms with van der Waals surface area (Å²) < 4.78 is 5.90. The zero-order chi connectivity index (χ0) is 11.0. The highest BCUT2D eigenvalue weighted by molar-refractivity contribution is 5.98. The molecule has 0 heterocycles. The van der Waals surface area contributed by atoms with Crippen LogP contribution in [0.5, 0.6) is 0 Å². The van der Waals surface area contributed by atoms with Crippen LogP contribution in [0.2, 0.25) is 0 Å². The highest BCUT2D eigenvalue weighted by Crippen LogP contribution is 2.33. The lowest BCUT2D eigenvalue weighted by Crippen LogP contribution is -2.38. The van der Waals surface area contributed by atoms with Gasteiger partial charge in [0.05, 0.1) is 5.60 Å². The molecule has 1 nitrogen and oxygen atoms in total. The van der Waals surface area contributed by atoms with Crippen LogP contribution in [-0.4, -0.2) is 16.1 Å². The lowest BCUT2D eigenvalue weighted by molar-refractivity contribution is 0.0123. The average molecular weight is 214 g/mol. The van der Waals surface area contributed by atoms with Crippen molar-refractivity contribution < 1.29 is 4.43 Å². The molecular formula is C12H26OSi. The Morgan fingerprint density at radius 2 is 2.07 bits per heavy atom. The maximum Gasteiger partial charge on any atom is 0.146 e. The van der Waals surface area contributed by atoms with Gasteiger partial charge in [-0.25, -0.2) is 0 Å². The Kier molecular flexibility index (Phi) is 7.20. The van der Waals surface area contributed by atoms with Gasteiger partial charge in [0.25, 0.3) is 0 Å². The van der Waals surface area contributed by atoms with Crippen LogP contribution < -0.4 is 0 Å². The van der Waals surface area contributed by atoms with Gasteiger partial charge in [0.1, 0.15) is 10.5 Å². The quantitative estimate of drug-likeness (QED) is 0.446. The summed E-state index contributed by atoms with van der Waals surface area (Å²) in [6.45, 7) is 10.7. The molecule has 0 aliphatic carbocycles. The zero-order valence-electron chi connectivity index (χ0n) is 10.3. The summed E-state index contributed by atoms with van der Waals surface area (Å²) in [4.78, 5) is 0. The molecule has 0 fully saturated rings. The van der Waals surface area contributed by atoms with E-state index in [0.29, 0.717) is 5.92 Å². The molecule has 0 rings (SSSR count). The predicted molar refractivity (Wildman–Crippen MR) is 67.5 cm³/mol. The molecule has 14 heavy (non-hydrogen) atoms. The van der Waals surface area contributed by atoms with Gasteiger partial charge in [-0.2, -0.15) is 0 Å². The number of hydrogen-bond donors (Lipinski definition) is 0. The summed E-state index contributed by atoms with van der Waals surface area (Å²) in [5, 5.41) is 0. The summed E-state index contributed by atoms with van der Waals surface area (Å²) >= 11 is 0. The normalized spacial score (nSPS) is 17.6. The van der Waals surface area contributed by atoms with E-state index in [9.17, 15) is 0 Å². The van der Waals surface area contributed by atoms with Gasteiger partial charge in [-0.3, -0.25) is 0 Å². The maximum atomic E-state index is 5.90. The molecule has 0 aliphatic heterocycles. The van der Waals surface area contributed by atoms with Crippen LogP contribution in [0.4, 0.5) is 0 Å². The topological polar surface area (TPSA) is 9.23 Å². The smallest absolute Gasteiger partial charge is 0.146 e. The molecule has 84 valence electrons. The minimum atomic E-state index is 0.0960. The Morgan fingerprint density at radius 3 is 2.43 bits per heavy atom. The fourth-order valence-corrected chi connectivity index (χ4v) is 3.07. The fourth-order valence-electron chi connectivity index (χ4n) is 2.30. The minimum absolute atomic E-state index is 0.0960. The summed E-state index contributed by atoms with van der Waals surface area (Å²) in [5.74, 6) is 0.656. The Labute approximate surface area is 92.5 Å². The molecule has 2 atom stereocenters. The van der Waals surface area contributed by atoms with Crippen LogP contribution >= 0.6 is 0 Å². The van der Waals surface area contributed by atoms with Gasteiger partial charge in [0, 0.05) is 0 Å². The Hall–Kier alpha value is -0.0831. The molecular weight excluding hydrogens is 188 g/mol. The van der Waals surface area contributed by atoms with Crippen LogP contribution in [0.1, 0.15) is 52.9 Å². The summed E-state index contributed by atoms with van der Waals surface area (Å²) in [5.41, 5.74) is 0.0960. The van der Waals surface area contributed by atoms with Crippen molar-refractivity contribution in [3.63, 3.8) is 0 Å². The molecule has 2 unspecified atom stereocenters. The molecule has 0 radical (unpaired) electrons. The molecule has 0 aromatic heterocycles. The van der Waals surface area contributed by atoms with Gasteiger partial charge in [0.15, 0.2) is 0 Å². The second kappa shape index (κ2) is 7.24. The van der Waals surface area contributed by atoms with Crippen molar-refractivity contribution in [3.05, 3.63) is 12.7 Å². The molecule has 0 saturated heterocycles. The Morgan fingerprint density at radius 1 is 1.43 bits per heavy atom. The fraction of sp³-hybridized carbons (Fsp3) is 0.833. The van der Waals surface area contributed by atoms with Crippen LogP contribution in [0.3, 0.4) is 0 Å². The second-order valence-corrected chi connectivity index (χ2v) is 4.61. The third-order valence-electron chi connectivity index (χ3n) is 3.19. The first-order chi connectivity index (χ1) is 6.66. The molecule has 0 amide bonds. The third kappa shape index (κ3) is 3.58. The third-order valence-corrected chi connectivity index (χ3v) is 4.00. The van der Waals surface area contributed by atoms with Crippen molar-refractivity contribution in [1.29, 1.82) is 0 Å². The highest BCUT2D eigenvalue weighted by atomic mass is 28.2. The van der Waals surface area contributed by atoms with E-state index in [1.807, 2.05) is 6.08 Å². The predicted octanol–water partition coefficient (Wildman–Crippen LogP) is 2.83. The molecule has 0 aromatic carbocycles. The van der Waals surface area contributed by atoms with Gasteiger partial charge in [-0.1, -0.05) is 39.7 Å². The molecule has 0 spiro atoms. The van der Waals surface area contributed by atoms with Gasteiger partial charge in [-0.05, 0) is 25.2 Å². The molecule has 0 saturated carbocycles. The molecule has 0 aromatic rings. The maximum absolute atomic E-state index is 5.90. The summed E-state index contributed by atoms with van der Waals surface area (Å²) in [6.07, 6.45) is 7.89. The largest absolute Gasteiger partial charge is 0.422 e. The van der Waals surface area contributed by atoms with Gasteiger partial charge in [0.2, 0.25) is 0 Å². The van der Waals surface area contributed by atoms with Gasteiger partial charge >= 0.3 is 0 Å². The summed E-state index contributed by atoms with van der Waals surface area (Å²) in [7, 11) is 0.832. The van der Waals surface area contributed by atoms with Crippen molar-refractivity contribution in [1.82, 2.24) is 0 Å². The second-order valence-electron chi connectivity index (χ2n) is 4.20. The van der Waals surface area contributed by atoms with Crippen LogP contribution in [0.15, 0.2) is 12.7 Å². The van der Waals surface area contributed by atoms with E-state index in [0.717, 1.165) is 16.9 Å². The zero-order valence-corrected chi connectivity index (χ0v) is 12.3. The lowest BCUT2D eigenvalue weighted by atomic mass is 9.80. The summed E-state index contributed by atoms with van der Waals surface area (Å²) in [6, 6.07) is 0. The van der Waals surface area contributed by atoms with E-state index in [4.69, 9.17) is 4.43 Å². The van der Waals surface area contributed by atoms with E-state index in [1.165, 1.54) is 25.7 Å². The van der Waals surface area contributed by atoms with E-state index in [2.05, 4.69) is 27.4 Å². The average Bonchev–Trinajstić information content (AvgIpc) is 2.17. The SMILES string of the molecule is C=CCC(CCC)(O[SiH3])C(C)CCC. The standard InChI is InChI=1S/C12H26OSi/c1-5-8-11(4)12(13-14,9-6-2)10-7-3/h6,11H,2,5,7-10H2,1,3-4,14H3. The van der Waals surface area contributed by atoms with E-state index in [-0.39, 0.29) is 5.60 Å². The first-order valence-corrected chi connectivity index (χ1v) is 6.64. The van der Waals surface area contributed by atoms with Crippen molar-refractivity contribution in [2.24, 2.45) is 5.92 Å². The minimum Gasteiger partial charge on any atom is -0.422 e. The monoisotopic (exact) mass is 214 g/mol. The number of rotatable bonds is 8. The van der Waals surface area contributed by atoms with E-state index in [1.54, 1.807) is 0 Å².